The number of sulfonamides is 1. The van der Waals surface area contributed by atoms with Crippen LogP contribution >= 0.6 is 23.4 Å². The van der Waals surface area contributed by atoms with E-state index in [4.69, 9.17) is 21.1 Å². The van der Waals surface area contributed by atoms with Gasteiger partial charge in [0.1, 0.15) is 18.1 Å². The fourth-order valence-corrected chi connectivity index (χ4v) is 5.62. The number of fused-ring (bicyclic) bond motifs is 1. The summed E-state index contributed by atoms with van der Waals surface area (Å²) in [6, 6.07) is 10.8. The highest BCUT2D eigenvalue weighted by molar-refractivity contribution is 8.03. The zero-order chi connectivity index (χ0) is 21.5. The summed E-state index contributed by atoms with van der Waals surface area (Å²) in [5.74, 6) is 1.47. The van der Waals surface area contributed by atoms with Gasteiger partial charge in [0.2, 0.25) is 10.0 Å². The van der Waals surface area contributed by atoms with Crippen LogP contribution in [0, 0.1) is 0 Å². The number of nitrogens with one attached hydrogen (secondary N) is 1. The molecule has 0 aromatic heterocycles. The Balaban J connectivity index is 1.54. The van der Waals surface area contributed by atoms with E-state index in [0.29, 0.717) is 13.2 Å². The van der Waals surface area contributed by atoms with E-state index < -0.39 is 10.0 Å². The number of nitrogens with zero attached hydrogens (tertiary/aromatic N) is 2. The zero-order valence-corrected chi connectivity index (χ0v) is 19.1. The Hall–Kier alpha value is -2.07. The highest BCUT2D eigenvalue weighted by Crippen LogP contribution is 2.39. The fraction of sp³-hybridized carbons (Fsp3) is 0.300. The van der Waals surface area contributed by atoms with E-state index in [1.165, 1.54) is 14.1 Å². The first-order chi connectivity index (χ1) is 14.3. The first kappa shape index (κ1) is 21.2. The maximum atomic E-state index is 12.6. The monoisotopic (exact) mass is 467 g/mol. The lowest BCUT2D eigenvalue weighted by Crippen LogP contribution is -2.30. The molecular formula is C20H22ClN3O4S2. The first-order valence-electron chi connectivity index (χ1n) is 9.24. The standard InChI is InChI=1S/C20H22ClN3O4S2/c1-23(2)30(25,26)19-10-13(4-6-15(19)21)16-12-29-20(24(16)3)22-14-5-7-17-18(11-14)28-9-8-27-17/h4-7,10-12,20,22H,8-9H2,1-3H3. The molecule has 0 spiro atoms. The topological polar surface area (TPSA) is 71.1 Å². The van der Waals surface area contributed by atoms with E-state index in [-0.39, 0.29) is 15.4 Å². The lowest BCUT2D eigenvalue weighted by molar-refractivity contribution is 0.171. The molecule has 0 amide bonds. The Morgan fingerprint density at radius 2 is 1.87 bits per heavy atom. The van der Waals surface area contributed by atoms with Gasteiger partial charge >= 0.3 is 0 Å². The molecule has 0 bridgehead atoms. The molecule has 1 atom stereocenters. The Morgan fingerprint density at radius 3 is 2.60 bits per heavy atom. The van der Waals surface area contributed by atoms with E-state index in [9.17, 15) is 8.42 Å². The number of halogens is 1. The second-order valence-electron chi connectivity index (χ2n) is 7.04. The van der Waals surface area contributed by atoms with Crippen molar-refractivity contribution in [2.75, 3.05) is 39.7 Å². The molecule has 1 unspecified atom stereocenters. The number of hydrogen-bond donors (Lipinski definition) is 1. The summed E-state index contributed by atoms with van der Waals surface area (Å²) < 4.78 is 37.6. The van der Waals surface area contributed by atoms with Crippen molar-refractivity contribution < 1.29 is 17.9 Å². The second kappa shape index (κ2) is 8.22. The van der Waals surface area contributed by atoms with Crippen molar-refractivity contribution >= 4 is 44.8 Å². The van der Waals surface area contributed by atoms with Crippen molar-refractivity contribution in [3.63, 3.8) is 0 Å². The average Bonchev–Trinajstić information content (AvgIpc) is 3.08. The Kier molecular flexibility index (Phi) is 5.80. The number of hydrogen-bond acceptors (Lipinski definition) is 7. The Labute approximate surface area is 185 Å². The summed E-state index contributed by atoms with van der Waals surface area (Å²) >= 11 is 7.78. The minimum Gasteiger partial charge on any atom is -0.486 e. The first-order valence-corrected chi connectivity index (χ1v) is 12.0. The molecule has 30 heavy (non-hydrogen) atoms. The summed E-state index contributed by atoms with van der Waals surface area (Å²) in [7, 11) is 1.29. The van der Waals surface area contributed by atoms with Crippen LogP contribution in [0.4, 0.5) is 5.69 Å². The van der Waals surface area contributed by atoms with Crippen LogP contribution in [0.3, 0.4) is 0 Å². The van der Waals surface area contributed by atoms with Crippen LogP contribution in [0.15, 0.2) is 46.7 Å². The molecule has 10 heteroatoms. The predicted octanol–water partition coefficient (Wildman–Crippen LogP) is 3.73. The predicted molar refractivity (Wildman–Crippen MR) is 120 cm³/mol. The van der Waals surface area contributed by atoms with Crippen LogP contribution in [0.1, 0.15) is 5.56 Å². The quantitative estimate of drug-likeness (QED) is 0.718. The molecule has 0 saturated heterocycles. The highest BCUT2D eigenvalue weighted by atomic mass is 35.5. The van der Waals surface area contributed by atoms with Crippen molar-refractivity contribution in [1.29, 1.82) is 0 Å². The smallest absolute Gasteiger partial charge is 0.244 e. The Morgan fingerprint density at radius 1 is 1.13 bits per heavy atom. The molecule has 2 heterocycles. The maximum absolute atomic E-state index is 12.6. The van der Waals surface area contributed by atoms with E-state index in [0.717, 1.165) is 32.8 Å². The number of thioether (sulfide) groups is 1. The number of ether oxygens (including phenoxy) is 2. The fourth-order valence-electron chi connectivity index (χ4n) is 3.16. The van der Waals surface area contributed by atoms with Crippen molar-refractivity contribution in [2.24, 2.45) is 0 Å². The van der Waals surface area contributed by atoms with Gasteiger partial charge in [-0.05, 0) is 35.2 Å². The van der Waals surface area contributed by atoms with E-state index >= 15 is 0 Å². The molecule has 2 aromatic carbocycles. The van der Waals surface area contributed by atoms with Gasteiger partial charge in [0.05, 0.1) is 10.7 Å². The van der Waals surface area contributed by atoms with Crippen LogP contribution < -0.4 is 14.8 Å². The molecule has 7 nitrogen and oxygen atoms in total. The minimum atomic E-state index is -3.64. The van der Waals surface area contributed by atoms with Crippen molar-refractivity contribution in [2.45, 2.75) is 10.4 Å². The molecular weight excluding hydrogens is 446 g/mol. The van der Waals surface area contributed by atoms with E-state index in [1.54, 1.807) is 23.9 Å². The van der Waals surface area contributed by atoms with E-state index in [1.807, 2.05) is 36.7 Å². The molecule has 0 fully saturated rings. The van der Waals surface area contributed by atoms with Gasteiger partial charge in [-0.2, -0.15) is 0 Å². The third-order valence-electron chi connectivity index (χ3n) is 4.86. The molecule has 2 aliphatic rings. The third-order valence-corrected chi connectivity index (χ3v) is 8.21. The van der Waals surface area contributed by atoms with Crippen molar-refractivity contribution in [1.82, 2.24) is 9.21 Å². The number of anilines is 1. The summed E-state index contributed by atoms with van der Waals surface area (Å²) in [6.45, 7) is 1.09. The zero-order valence-electron chi connectivity index (χ0n) is 16.8. The minimum absolute atomic E-state index is 0.0628. The average molecular weight is 468 g/mol. The van der Waals surface area contributed by atoms with Crippen molar-refractivity contribution in [3.8, 4) is 11.5 Å². The van der Waals surface area contributed by atoms with Gasteiger partial charge in [0.15, 0.2) is 17.0 Å². The highest BCUT2D eigenvalue weighted by Gasteiger charge is 2.27. The summed E-state index contributed by atoms with van der Waals surface area (Å²) in [4.78, 5) is 2.14. The van der Waals surface area contributed by atoms with Crippen LogP contribution in [-0.2, 0) is 10.0 Å². The van der Waals surface area contributed by atoms with Crippen LogP contribution in [0.25, 0.3) is 5.70 Å². The number of rotatable bonds is 5. The van der Waals surface area contributed by atoms with Gasteiger partial charge in [0.25, 0.3) is 0 Å². The van der Waals surface area contributed by atoms with Gasteiger partial charge < -0.3 is 19.7 Å². The molecule has 0 saturated carbocycles. The normalized spacial score (nSPS) is 18.5. The molecule has 160 valence electrons. The molecule has 2 aromatic rings. The van der Waals surface area contributed by atoms with Crippen LogP contribution in [-0.4, -0.2) is 57.5 Å². The largest absolute Gasteiger partial charge is 0.486 e. The summed E-state index contributed by atoms with van der Waals surface area (Å²) in [5.41, 5.74) is 2.53. The van der Waals surface area contributed by atoms with Gasteiger partial charge in [-0.15, -0.1) is 0 Å². The van der Waals surface area contributed by atoms with Gasteiger partial charge in [-0.1, -0.05) is 29.4 Å². The van der Waals surface area contributed by atoms with Crippen LogP contribution in [0.2, 0.25) is 5.02 Å². The lowest BCUT2D eigenvalue weighted by Gasteiger charge is -2.27. The SMILES string of the molecule is CN1C(c2ccc(Cl)c(S(=O)(=O)N(C)C)c2)=CSC1Nc1ccc2c(c1)OCCO2. The van der Waals surface area contributed by atoms with E-state index in [2.05, 4.69) is 10.2 Å². The lowest BCUT2D eigenvalue weighted by atomic mass is 10.1. The van der Waals surface area contributed by atoms with Gasteiger partial charge in [0, 0.05) is 32.9 Å². The summed E-state index contributed by atoms with van der Waals surface area (Å²) in [5, 5.41) is 5.67. The molecule has 0 aliphatic carbocycles. The number of benzene rings is 2. The molecule has 4 rings (SSSR count). The van der Waals surface area contributed by atoms with Gasteiger partial charge in [-0.3, -0.25) is 0 Å². The molecule has 2 aliphatic heterocycles. The summed E-state index contributed by atoms with van der Waals surface area (Å²) in [6.07, 6.45) is 0. The van der Waals surface area contributed by atoms with Crippen LogP contribution in [0.5, 0.6) is 11.5 Å². The molecule has 1 N–H and O–H groups in total. The second-order valence-corrected chi connectivity index (χ2v) is 10.5. The molecule has 0 radical (unpaired) electrons. The van der Waals surface area contributed by atoms with Gasteiger partial charge in [-0.25, -0.2) is 12.7 Å². The maximum Gasteiger partial charge on any atom is 0.244 e. The Bertz CT molecular complexity index is 1110. The third kappa shape index (κ3) is 3.94. The van der Waals surface area contributed by atoms with Crippen molar-refractivity contribution in [3.05, 3.63) is 52.4 Å².